The van der Waals surface area contributed by atoms with Gasteiger partial charge in [-0.3, -0.25) is 20.5 Å². The molecule has 1 saturated heterocycles. The number of pyridine rings is 1. The Labute approximate surface area is 207 Å². The first-order valence-corrected chi connectivity index (χ1v) is 12.5. The van der Waals surface area contributed by atoms with Gasteiger partial charge in [0.1, 0.15) is 11.7 Å². The summed E-state index contributed by atoms with van der Waals surface area (Å²) in [5, 5.41) is 28.5. The average molecular weight is 477 g/mol. The van der Waals surface area contributed by atoms with Gasteiger partial charge in [0, 0.05) is 36.9 Å². The molecule has 1 fully saturated rings. The molecule has 0 amide bonds. The van der Waals surface area contributed by atoms with Crippen LogP contribution in [0.5, 0.6) is 0 Å². The number of carbonyl (C=O) groups is 1. The first-order valence-electron chi connectivity index (χ1n) is 12.5. The van der Waals surface area contributed by atoms with Gasteiger partial charge in [-0.25, -0.2) is 4.98 Å². The van der Waals surface area contributed by atoms with Crippen molar-refractivity contribution in [2.75, 3.05) is 36.4 Å². The molecule has 0 spiro atoms. The minimum Gasteiger partial charge on any atom is -0.481 e. The lowest BCUT2D eigenvalue weighted by molar-refractivity contribution is -0.137. The highest BCUT2D eigenvalue weighted by atomic mass is 16.4. The standard InChI is InChI=1S/C27H36N6O2/c1-19(29)33(18-28)25-6-2-4-22(14-25)23(15-26(34)35)17-32-13-11-20(16-32)7-9-24-10-8-21-5-3-12-30-27(21)31-24/h2,4,6,8,10,14,18,20,23,28-29H,3,5,7,9,11-13,15-17H2,1H3,(H,30,31)(H,34,35)/t20-,23?/m1/s1. The molecule has 2 aromatic rings. The van der Waals surface area contributed by atoms with E-state index >= 15 is 0 Å². The quantitative estimate of drug-likeness (QED) is 0.299. The predicted molar refractivity (Wildman–Crippen MR) is 140 cm³/mol. The van der Waals surface area contributed by atoms with Gasteiger partial charge in [0.2, 0.25) is 0 Å². The normalized spacial score (nSPS) is 18.4. The summed E-state index contributed by atoms with van der Waals surface area (Å²) < 4.78 is 0. The number of fused-ring (bicyclic) bond motifs is 1. The number of likely N-dealkylation sites (tertiary alicyclic amines) is 1. The maximum Gasteiger partial charge on any atom is 0.304 e. The third-order valence-corrected chi connectivity index (χ3v) is 7.14. The third-order valence-electron chi connectivity index (χ3n) is 7.14. The number of aliphatic carboxylic acids is 1. The van der Waals surface area contributed by atoms with Crippen LogP contribution in [0.15, 0.2) is 36.4 Å². The fourth-order valence-corrected chi connectivity index (χ4v) is 5.28. The zero-order chi connectivity index (χ0) is 24.8. The molecule has 1 aromatic heterocycles. The number of amidine groups is 1. The number of aryl methyl sites for hydroxylation is 2. The molecule has 4 N–H and O–H groups in total. The Hall–Kier alpha value is -3.26. The van der Waals surface area contributed by atoms with E-state index in [2.05, 4.69) is 22.3 Å². The van der Waals surface area contributed by atoms with Gasteiger partial charge < -0.3 is 15.3 Å². The van der Waals surface area contributed by atoms with Crippen LogP contribution in [0.25, 0.3) is 0 Å². The molecule has 2 atom stereocenters. The van der Waals surface area contributed by atoms with Crippen molar-refractivity contribution in [3.8, 4) is 0 Å². The number of hydrogen-bond donors (Lipinski definition) is 4. The highest BCUT2D eigenvalue weighted by Gasteiger charge is 2.27. The molecule has 0 aliphatic carbocycles. The number of anilines is 2. The first kappa shape index (κ1) is 24.9. The van der Waals surface area contributed by atoms with Crippen molar-refractivity contribution in [1.29, 1.82) is 10.8 Å². The summed E-state index contributed by atoms with van der Waals surface area (Å²) in [5.74, 6) is 0.944. The van der Waals surface area contributed by atoms with Crippen molar-refractivity contribution in [2.24, 2.45) is 5.92 Å². The first-order chi connectivity index (χ1) is 16.9. The molecule has 4 rings (SSSR count). The molecular formula is C27H36N6O2. The van der Waals surface area contributed by atoms with Crippen molar-refractivity contribution in [2.45, 2.75) is 51.4 Å². The molecule has 0 bridgehead atoms. The molecule has 2 aliphatic heterocycles. The van der Waals surface area contributed by atoms with E-state index in [1.54, 1.807) is 6.92 Å². The zero-order valence-corrected chi connectivity index (χ0v) is 20.5. The molecule has 1 unspecified atom stereocenters. The van der Waals surface area contributed by atoms with Crippen LogP contribution in [0, 0.1) is 16.7 Å². The Morgan fingerprint density at radius 1 is 1.37 bits per heavy atom. The Bertz CT molecular complexity index is 1070. The van der Waals surface area contributed by atoms with E-state index in [9.17, 15) is 9.90 Å². The van der Waals surface area contributed by atoms with Gasteiger partial charge in [-0.05, 0) is 80.8 Å². The van der Waals surface area contributed by atoms with Crippen LogP contribution in [-0.2, 0) is 17.6 Å². The van der Waals surface area contributed by atoms with E-state index in [0.717, 1.165) is 68.7 Å². The minimum atomic E-state index is -0.810. The van der Waals surface area contributed by atoms with Gasteiger partial charge in [-0.1, -0.05) is 18.2 Å². The van der Waals surface area contributed by atoms with Crippen LogP contribution in [0.4, 0.5) is 11.5 Å². The maximum atomic E-state index is 11.7. The van der Waals surface area contributed by atoms with Crippen molar-refractivity contribution in [1.82, 2.24) is 9.88 Å². The van der Waals surface area contributed by atoms with Crippen molar-refractivity contribution >= 4 is 29.6 Å². The lowest BCUT2D eigenvalue weighted by Gasteiger charge is -2.25. The monoisotopic (exact) mass is 476 g/mol. The molecule has 186 valence electrons. The molecular weight excluding hydrogens is 440 g/mol. The van der Waals surface area contributed by atoms with Gasteiger partial charge in [0.15, 0.2) is 0 Å². The Morgan fingerprint density at radius 3 is 3.00 bits per heavy atom. The lowest BCUT2D eigenvalue weighted by atomic mass is 9.94. The number of nitrogens with one attached hydrogen (secondary N) is 3. The number of aromatic nitrogens is 1. The van der Waals surface area contributed by atoms with E-state index in [1.165, 1.54) is 16.9 Å². The Balaban J connectivity index is 1.36. The molecule has 0 radical (unpaired) electrons. The topological polar surface area (TPSA) is 116 Å². The second-order valence-electron chi connectivity index (χ2n) is 9.77. The van der Waals surface area contributed by atoms with Gasteiger partial charge in [0.25, 0.3) is 0 Å². The molecule has 0 saturated carbocycles. The fourth-order valence-electron chi connectivity index (χ4n) is 5.28. The van der Waals surface area contributed by atoms with Crippen molar-refractivity contribution < 1.29 is 9.90 Å². The number of carboxylic acid groups (broad SMARTS) is 1. The number of rotatable bonds is 10. The molecule has 8 nitrogen and oxygen atoms in total. The van der Waals surface area contributed by atoms with E-state index in [-0.39, 0.29) is 18.2 Å². The summed E-state index contributed by atoms with van der Waals surface area (Å²) in [6.07, 6.45) is 6.63. The summed E-state index contributed by atoms with van der Waals surface area (Å²) >= 11 is 0. The highest BCUT2D eigenvalue weighted by Crippen LogP contribution is 2.29. The molecule has 3 heterocycles. The SMILES string of the molecule is CC(=N)N(C=N)c1cccc(C(CC(=O)O)CN2CC[C@@H](CCc3ccc4c(n3)NCCC4)C2)c1. The second-order valence-corrected chi connectivity index (χ2v) is 9.77. The van der Waals surface area contributed by atoms with Crippen LogP contribution in [0.3, 0.4) is 0 Å². The van der Waals surface area contributed by atoms with Crippen LogP contribution < -0.4 is 10.2 Å². The summed E-state index contributed by atoms with van der Waals surface area (Å²) in [6.45, 7) is 5.29. The van der Waals surface area contributed by atoms with Gasteiger partial charge in [0.05, 0.1) is 12.8 Å². The second kappa shape index (κ2) is 11.4. The summed E-state index contributed by atoms with van der Waals surface area (Å²) in [6, 6.07) is 12.0. The smallest absolute Gasteiger partial charge is 0.304 e. The average Bonchev–Trinajstić information content (AvgIpc) is 3.30. The van der Waals surface area contributed by atoms with Crippen LogP contribution in [0.2, 0.25) is 0 Å². The number of hydrogen-bond acceptors (Lipinski definition) is 6. The number of nitrogens with zero attached hydrogens (tertiary/aromatic N) is 3. The minimum absolute atomic E-state index is 0.0603. The van der Waals surface area contributed by atoms with Gasteiger partial charge >= 0.3 is 5.97 Å². The maximum absolute atomic E-state index is 11.7. The Kier molecular flexibility index (Phi) is 8.13. The molecule has 1 aromatic carbocycles. The van der Waals surface area contributed by atoms with Crippen molar-refractivity contribution in [3.63, 3.8) is 0 Å². The van der Waals surface area contributed by atoms with E-state index < -0.39 is 5.97 Å². The number of benzene rings is 1. The van der Waals surface area contributed by atoms with Crippen LogP contribution in [-0.4, -0.2) is 59.3 Å². The van der Waals surface area contributed by atoms with E-state index in [0.29, 0.717) is 18.2 Å². The summed E-state index contributed by atoms with van der Waals surface area (Å²) in [5.41, 5.74) is 4.12. The van der Waals surface area contributed by atoms with Gasteiger partial charge in [-0.15, -0.1) is 0 Å². The van der Waals surface area contributed by atoms with Crippen LogP contribution in [0.1, 0.15) is 55.3 Å². The third kappa shape index (κ3) is 6.45. The van der Waals surface area contributed by atoms with Gasteiger partial charge in [-0.2, -0.15) is 0 Å². The number of carboxylic acids is 1. The fraction of sp³-hybridized carbons (Fsp3) is 0.481. The Morgan fingerprint density at radius 2 is 2.23 bits per heavy atom. The predicted octanol–water partition coefficient (Wildman–Crippen LogP) is 4.36. The van der Waals surface area contributed by atoms with Crippen LogP contribution >= 0.6 is 0 Å². The zero-order valence-electron chi connectivity index (χ0n) is 20.5. The highest BCUT2D eigenvalue weighted by molar-refractivity contribution is 6.07. The molecule has 8 heteroatoms. The van der Waals surface area contributed by atoms with E-state index in [4.69, 9.17) is 15.8 Å². The molecule has 35 heavy (non-hydrogen) atoms. The lowest BCUT2D eigenvalue weighted by Crippen LogP contribution is -2.29. The summed E-state index contributed by atoms with van der Waals surface area (Å²) in [4.78, 5) is 20.4. The van der Waals surface area contributed by atoms with Crippen molar-refractivity contribution in [3.05, 3.63) is 53.2 Å². The van der Waals surface area contributed by atoms with E-state index in [1.807, 2.05) is 24.3 Å². The summed E-state index contributed by atoms with van der Waals surface area (Å²) in [7, 11) is 0. The molecule has 2 aliphatic rings. The largest absolute Gasteiger partial charge is 0.481 e.